The number of ether oxygens (including phenoxy) is 1. The molecule has 110 valence electrons. The van der Waals surface area contributed by atoms with Crippen LogP contribution in [-0.4, -0.2) is 56.4 Å². The van der Waals surface area contributed by atoms with E-state index in [0.717, 1.165) is 32.2 Å². The topological polar surface area (TPSA) is 53.6 Å². The van der Waals surface area contributed by atoms with Crippen LogP contribution in [0.1, 0.15) is 38.5 Å². The van der Waals surface area contributed by atoms with Gasteiger partial charge in [-0.3, -0.25) is 0 Å². The van der Waals surface area contributed by atoms with Crippen LogP contribution in [-0.2, 0) is 4.74 Å². The van der Waals surface area contributed by atoms with Crippen molar-refractivity contribution in [3.05, 3.63) is 0 Å². The number of nitrogens with zero attached hydrogens (tertiary/aromatic N) is 1. The Morgan fingerprint density at radius 3 is 2.53 bits per heavy atom. The Balaban J connectivity index is 1.54. The molecule has 0 radical (unpaired) electrons. The van der Waals surface area contributed by atoms with Crippen LogP contribution in [0.5, 0.6) is 0 Å². The van der Waals surface area contributed by atoms with Crippen molar-refractivity contribution in [2.45, 2.75) is 50.7 Å². The van der Waals surface area contributed by atoms with Crippen LogP contribution in [0.25, 0.3) is 0 Å². The largest absolute Gasteiger partial charge is 0.446 e. The van der Waals surface area contributed by atoms with Crippen LogP contribution in [0, 0.1) is 0 Å². The molecule has 19 heavy (non-hydrogen) atoms. The number of carbonyl (C=O) groups is 1. The summed E-state index contributed by atoms with van der Waals surface area (Å²) in [5, 5.41) is 6.15. The van der Waals surface area contributed by atoms with Crippen LogP contribution >= 0.6 is 0 Å². The van der Waals surface area contributed by atoms with Gasteiger partial charge in [0.2, 0.25) is 0 Å². The number of rotatable bonds is 5. The van der Waals surface area contributed by atoms with Crippen LogP contribution in [0.2, 0.25) is 0 Å². The summed E-state index contributed by atoms with van der Waals surface area (Å²) in [7, 11) is 2.00. The zero-order valence-corrected chi connectivity index (χ0v) is 12.0. The molecule has 1 aliphatic heterocycles. The third-order valence-corrected chi connectivity index (χ3v) is 4.25. The van der Waals surface area contributed by atoms with E-state index >= 15 is 0 Å². The first-order valence-corrected chi connectivity index (χ1v) is 7.62. The molecule has 0 bridgehead atoms. The summed E-state index contributed by atoms with van der Waals surface area (Å²) in [6.07, 6.45) is 6.60. The number of hydrogen-bond acceptors (Lipinski definition) is 4. The van der Waals surface area contributed by atoms with Gasteiger partial charge in [-0.25, -0.2) is 4.79 Å². The first-order chi connectivity index (χ1) is 9.28. The first kappa shape index (κ1) is 14.6. The van der Waals surface area contributed by atoms with Crippen LogP contribution < -0.4 is 10.6 Å². The summed E-state index contributed by atoms with van der Waals surface area (Å²) in [5.74, 6) is 0. The van der Waals surface area contributed by atoms with E-state index in [0.29, 0.717) is 12.6 Å². The number of amides is 1. The summed E-state index contributed by atoms with van der Waals surface area (Å²) in [6.45, 7) is 3.99. The third kappa shape index (κ3) is 4.99. The van der Waals surface area contributed by atoms with Gasteiger partial charge in [0, 0.05) is 19.1 Å². The summed E-state index contributed by atoms with van der Waals surface area (Å²) in [6, 6.07) is 0.595. The lowest BCUT2D eigenvalue weighted by Crippen LogP contribution is -2.38. The fourth-order valence-electron chi connectivity index (χ4n) is 2.98. The Labute approximate surface area is 116 Å². The van der Waals surface area contributed by atoms with E-state index in [2.05, 4.69) is 15.5 Å². The molecule has 1 aliphatic carbocycles. The molecule has 2 fully saturated rings. The van der Waals surface area contributed by atoms with Crippen molar-refractivity contribution in [3.8, 4) is 0 Å². The van der Waals surface area contributed by atoms with Gasteiger partial charge < -0.3 is 20.3 Å². The smallest absolute Gasteiger partial charge is 0.407 e. The highest BCUT2D eigenvalue weighted by atomic mass is 16.6. The molecule has 1 saturated heterocycles. The average molecular weight is 269 g/mol. The number of carbonyl (C=O) groups excluding carboxylic acids is 1. The van der Waals surface area contributed by atoms with Crippen LogP contribution in [0.3, 0.4) is 0 Å². The summed E-state index contributed by atoms with van der Waals surface area (Å²) in [4.78, 5) is 14.1. The zero-order valence-electron chi connectivity index (χ0n) is 12.0. The molecule has 0 aromatic rings. The number of nitrogens with one attached hydrogen (secondary N) is 2. The van der Waals surface area contributed by atoms with Gasteiger partial charge in [-0.1, -0.05) is 0 Å². The molecule has 2 aliphatic rings. The number of alkyl carbamates (subject to hydrolysis) is 1. The fourth-order valence-corrected chi connectivity index (χ4v) is 2.98. The molecule has 2 N–H and O–H groups in total. The highest BCUT2D eigenvalue weighted by Crippen LogP contribution is 2.20. The lowest BCUT2D eigenvalue weighted by Gasteiger charge is -2.28. The molecule has 1 amide bonds. The highest BCUT2D eigenvalue weighted by molar-refractivity contribution is 5.67. The van der Waals surface area contributed by atoms with Crippen molar-refractivity contribution >= 4 is 6.09 Å². The quantitative estimate of drug-likeness (QED) is 0.791. The second-order valence-corrected chi connectivity index (χ2v) is 5.64. The van der Waals surface area contributed by atoms with E-state index in [-0.39, 0.29) is 12.2 Å². The number of likely N-dealkylation sites (tertiary alicyclic amines) is 1. The molecule has 0 atom stereocenters. The van der Waals surface area contributed by atoms with Crippen molar-refractivity contribution in [2.75, 3.05) is 33.2 Å². The van der Waals surface area contributed by atoms with Crippen molar-refractivity contribution in [3.63, 3.8) is 0 Å². The van der Waals surface area contributed by atoms with Crippen LogP contribution in [0.15, 0.2) is 0 Å². The van der Waals surface area contributed by atoms with Crippen molar-refractivity contribution in [2.24, 2.45) is 0 Å². The van der Waals surface area contributed by atoms with Gasteiger partial charge in [0.15, 0.2) is 0 Å². The van der Waals surface area contributed by atoms with E-state index < -0.39 is 0 Å². The van der Waals surface area contributed by atoms with E-state index in [1.807, 2.05) is 7.05 Å². The predicted molar refractivity (Wildman–Crippen MR) is 75.3 cm³/mol. The number of hydrogen-bond donors (Lipinski definition) is 2. The maximum absolute atomic E-state index is 11.7. The molecular weight excluding hydrogens is 242 g/mol. The Hall–Kier alpha value is -0.810. The molecule has 5 nitrogen and oxygen atoms in total. The van der Waals surface area contributed by atoms with Gasteiger partial charge in [-0.05, 0) is 58.7 Å². The second-order valence-electron chi connectivity index (χ2n) is 5.64. The zero-order chi connectivity index (χ0) is 13.5. The fraction of sp³-hybridized carbons (Fsp3) is 0.929. The molecule has 0 unspecified atom stereocenters. The molecule has 1 heterocycles. The van der Waals surface area contributed by atoms with Crippen LogP contribution in [0.4, 0.5) is 4.79 Å². The maximum Gasteiger partial charge on any atom is 0.407 e. The summed E-state index contributed by atoms with van der Waals surface area (Å²) >= 11 is 0. The molecule has 0 aromatic carbocycles. The predicted octanol–water partition coefficient (Wildman–Crippen LogP) is 1.34. The normalized spacial score (nSPS) is 28.3. The van der Waals surface area contributed by atoms with Gasteiger partial charge in [0.05, 0.1) is 0 Å². The summed E-state index contributed by atoms with van der Waals surface area (Å²) < 4.78 is 5.45. The Morgan fingerprint density at radius 1 is 1.21 bits per heavy atom. The molecule has 1 saturated carbocycles. The van der Waals surface area contributed by atoms with E-state index in [4.69, 9.17) is 4.74 Å². The molecule has 0 aromatic heterocycles. The lowest BCUT2D eigenvalue weighted by atomic mass is 9.93. The maximum atomic E-state index is 11.7. The molecule has 2 rings (SSSR count). The third-order valence-electron chi connectivity index (χ3n) is 4.25. The van der Waals surface area contributed by atoms with Gasteiger partial charge in [0.25, 0.3) is 0 Å². The Bertz CT molecular complexity index is 272. The van der Waals surface area contributed by atoms with Gasteiger partial charge in [0.1, 0.15) is 6.10 Å². The molecule has 0 spiro atoms. The van der Waals surface area contributed by atoms with Gasteiger partial charge >= 0.3 is 6.09 Å². The monoisotopic (exact) mass is 269 g/mol. The standard InChI is InChI=1S/C14H27N3O2/c1-15-12-4-6-13(7-5-12)19-14(18)16-8-11-17-9-2-3-10-17/h12-13,15H,2-11H2,1H3,(H,16,18). The van der Waals surface area contributed by atoms with Crippen molar-refractivity contribution in [1.29, 1.82) is 0 Å². The van der Waals surface area contributed by atoms with E-state index in [1.54, 1.807) is 0 Å². The first-order valence-electron chi connectivity index (χ1n) is 7.62. The minimum Gasteiger partial charge on any atom is -0.446 e. The highest BCUT2D eigenvalue weighted by Gasteiger charge is 2.22. The summed E-state index contributed by atoms with van der Waals surface area (Å²) in [5.41, 5.74) is 0. The minimum atomic E-state index is -0.243. The Kier molecular flexibility index (Phi) is 5.92. The van der Waals surface area contributed by atoms with Crippen molar-refractivity contribution in [1.82, 2.24) is 15.5 Å². The molecule has 5 heteroatoms. The minimum absolute atomic E-state index is 0.108. The SMILES string of the molecule is CNC1CCC(OC(=O)NCCN2CCCC2)CC1. The second kappa shape index (κ2) is 7.70. The van der Waals surface area contributed by atoms with Crippen molar-refractivity contribution < 1.29 is 9.53 Å². The van der Waals surface area contributed by atoms with Gasteiger partial charge in [-0.2, -0.15) is 0 Å². The van der Waals surface area contributed by atoms with E-state index in [9.17, 15) is 4.79 Å². The van der Waals surface area contributed by atoms with E-state index in [1.165, 1.54) is 25.9 Å². The lowest BCUT2D eigenvalue weighted by molar-refractivity contribution is 0.0691. The van der Waals surface area contributed by atoms with Gasteiger partial charge in [-0.15, -0.1) is 0 Å². The Morgan fingerprint density at radius 2 is 1.89 bits per heavy atom. The average Bonchev–Trinajstić information content (AvgIpc) is 2.93. The molecular formula is C14H27N3O2.